The van der Waals surface area contributed by atoms with Crippen molar-refractivity contribution in [2.24, 2.45) is 5.73 Å². The lowest BCUT2D eigenvalue weighted by atomic mass is 9.97. The van der Waals surface area contributed by atoms with Gasteiger partial charge in [-0.3, -0.25) is 0 Å². The van der Waals surface area contributed by atoms with Crippen molar-refractivity contribution in [2.45, 2.75) is 18.9 Å². The Labute approximate surface area is 130 Å². The molecule has 0 fully saturated rings. The second-order valence-electron chi connectivity index (χ2n) is 5.05. The number of aldehydes is 1. The number of carbonyl (C=O) groups is 1. The molecule has 0 amide bonds. The average Bonchev–Trinajstić information content (AvgIpc) is 2.81. The van der Waals surface area contributed by atoms with Gasteiger partial charge in [-0.2, -0.15) is 11.8 Å². The first-order valence-electron chi connectivity index (χ1n) is 7.10. The number of hydrogen-bond donors (Lipinski definition) is 1. The number of allylic oxidation sites excluding steroid dienone is 5. The third-order valence-corrected chi connectivity index (χ3v) is 4.82. The molecule has 2 rings (SSSR count). The molecule has 1 aliphatic carbocycles. The minimum atomic E-state index is -0.375. The summed E-state index contributed by atoms with van der Waals surface area (Å²) in [5, 5.41) is 0. The van der Waals surface area contributed by atoms with Gasteiger partial charge in [-0.25, -0.2) is 0 Å². The fourth-order valence-electron chi connectivity index (χ4n) is 2.71. The lowest BCUT2D eigenvalue weighted by Gasteiger charge is -2.15. The second-order valence-corrected chi connectivity index (χ2v) is 6.13. The first-order chi connectivity index (χ1) is 10.2. The van der Waals surface area contributed by atoms with E-state index < -0.39 is 0 Å². The Bertz CT molecular complexity index is 589. The molecular formula is C18H21NOS. The summed E-state index contributed by atoms with van der Waals surface area (Å²) >= 11 is 1.73. The number of carbonyl (C=O) groups excluding carboxylic acids is 1. The quantitative estimate of drug-likeness (QED) is 0.783. The van der Waals surface area contributed by atoms with Crippen LogP contribution in [0.25, 0.3) is 5.57 Å². The molecule has 0 saturated carbocycles. The van der Waals surface area contributed by atoms with Crippen LogP contribution in [-0.4, -0.2) is 23.8 Å². The molecular weight excluding hydrogens is 278 g/mol. The van der Waals surface area contributed by atoms with Crippen LogP contribution < -0.4 is 5.73 Å². The maximum atomic E-state index is 10.6. The zero-order chi connectivity index (χ0) is 15.2. The van der Waals surface area contributed by atoms with Gasteiger partial charge >= 0.3 is 0 Å². The van der Waals surface area contributed by atoms with Crippen molar-refractivity contribution >= 4 is 23.6 Å². The minimum Gasteiger partial charge on any atom is -0.321 e. The van der Waals surface area contributed by atoms with Crippen molar-refractivity contribution in [1.29, 1.82) is 0 Å². The Morgan fingerprint density at radius 1 is 1.43 bits per heavy atom. The normalized spacial score (nSPS) is 18.9. The number of hydrogen-bond acceptors (Lipinski definition) is 3. The van der Waals surface area contributed by atoms with Crippen LogP contribution in [0.2, 0.25) is 0 Å². The fraction of sp³-hybridized carbons (Fsp3) is 0.278. The molecule has 3 heteroatoms. The summed E-state index contributed by atoms with van der Waals surface area (Å²) in [5.74, 6) is 1.93. The van der Waals surface area contributed by atoms with Crippen molar-refractivity contribution < 1.29 is 4.79 Å². The Kier molecular flexibility index (Phi) is 5.59. The number of thioether (sulfide) groups is 1. The van der Waals surface area contributed by atoms with Crippen LogP contribution in [0.1, 0.15) is 24.0 Å². The molecule has 0 aliphatic heterocycles. The Balaban J connectivity index is 2.27. The zero-order valence-electron chi connectivity index (χ0n) is 12.3. The van der Waals surface area contributed by atoms with Crippen LogP contribution in [-0.2, 0) is 4.79 Å². The molecule has 0 aromatic heterocycles. The third-order valence-electron chi connectivity index (χ3n) is 3.63. The van der Waals surface area contributed by atoms with Crippen LogP contribution in [0.15, 0.2) is 54.6 Å². The Morgan fingerprint density at radius 3 is 2.86 bits per heavy atom. The van der Waals surface area contributed by atoms with E-state index in [0.717, 1.165) is 12.0 Å². The fourth-order valence-corrected chi connectivity index (χ4v) is 3.79. The molecule has 1 aromatic carbocycles. The monoisotopic (exact) mass is 299 g/mol. The van der Waals surface area contributed by atoms with E-state index in [2.05, 4.69) is 43.0 Å². The Hall–Kier alpha value is -1.58. The van der Waals surface area contributed by atoms with E-state index in [1.165, 1.54) is 22.3 Å². The van der Waals surface area contributed by atoms with E-state index in [4.69, 9.17) is 5.73 Å². The molecule has 0 saturated heterocycles. The molecule has 2 atom stereocenters. The van der Waals surface area contributed by atoms with Gasteiger partial charge in [-0.05, 0) is 29.2 Å². The molecule has 110 valence electrons. The van der Waals surface area contributed by atoms with E-state index in [1.807, 2.05) is 13.0 Å². The first-order valence-corrected chi connectivity index (χ1v) is 8.25. The summed E-state index contributed by atoms with van der Waals surface area (Å²) < 4.78 is 0. The van der Waals surface area contributed by atoms with Gasteiger partial charge in [0.05, 0.1) is 6.04 Å². The van der Waals surface area contributed by atoms with Crippen LogP contribution in [0.3, 0.4) is 0 Å². The van der Waals surface area contributed by atoms with Gasteiger partial charge in [0.25, 0.3) is 0 Å². The highest BCUT2D eigenvalue weighted by atomic mass is 32.2. The predicted molar refractivity (Wildman–Crippen MR) is 92.5 cm³/mol. The summed E-state index contributed by atoms with van der Waals surface area (Å²) in [4.78, 5) is 10.6. The van der Waals surface area contributed by atoms with Crippen LogP contribution >= 0.6 is 11.8 Å². The van der Waals surface area contributed by atoms with Crippen molar-refractivity contribution in [2.75, 3.05) is 11.5 Å². The van der Waals surface area contributed by atoms with Crippen LogP contribution in [0, 0.1) is 0 Å². The van der Waals surface area contributed by atoms with Gasteiger partial charge in [0.2, 0.25) is 0 Å². The predicted octanol–water partition coefficient (Wildman–Crippen LogP) is 3.56. The van der Waals surface area contributed by atoms with Gasteiger partial charge in [-0.15, -0.1) is 0 Å². The SMILES string of the molecule is C=CC1=C(/C=C\C)C(CSC[C@@H](N)C=O)c2ccccc21. The van der Waals surface area contributed by atoms with E-state index in [9.17, 15) is 4.79 Å². The summed E-state index contributed by atoms with van der Waals surface area (Å²) in [7, 11) is 0. The van der Waals surface area contributed by atoms with Gasteiger partial charge < -0.3 is 10.5 Å². The highest BCUT2D eigenvalue weighted by Gasteiger charge is 2.28. The largest absolute Gasteiger partial charge is 0.321 e. The van der Waals surface area contributed by atoms with Crippen molar-refractivity contribution in [3.63, 3.8) is 0 Å². The maximum absolute atomic E-state index is 10.6. The number of benzene rings is 1. The lowest BCUT2D eigenvalue weighted by molar-refractivity contribution is -0.108. The van der Waals surface area contributed by atoms with Crippen LogP contribution in [0.4, 0.5) is 0 Å². The van der Waals surface area contributed by atoms with Crippen molar-refractivity contribution in [3.8, 4) is 0 Å². The third kappa shape index (κ3) is 3.36. The van der Waals surface area contributed by atoms with Gasteiger partial charge in [-0.1, -0.05) is 49.1 Å². The molecule has 1 aromatic rings. The molecule has 0 heterocycles. The minimum absolute atomic E-state index is 0.342. The highest BCUT2D eigenvalue weighted by molar-refractivity contribution is 7.99. The molecule has 0 radical (unpaired) electrons. The Morgan fingerprint density at radius 2 is 2.19 bits per heavy atom. The highest BCUT2D eigenvalue weighted by Crippen LogP contribution is 2.44. The van der Waals surface area contributed by atoms with E-state index >= 15 is 0 Å². The van der Waals surface area contributed by atoms with Crippen LogP contribution in [0.5, 0.6) is 0 Å². The van der Waals surface area contributed by atoms with Crippen molar-refractivity contribution in [1.82, 2.24) is 0 Å². The molecule has 21 heavy (non-hydrogen) atoms. The molecule has 2 nitrogen and oxygen atoms in total. The molecule has 2 N–H and O–H groups in total. The molecule has 0 spiro atoms. The summed E-state index contributed by atoms with van der Waals surface area (Å²) in [6, 6.07) is 8.10. The van der Waals surface area contributed by atoms with E-state index in [1.54, 1.807) is 11.8 Å². The molecule has 1 aliphatic rings. The number of fused-ring (bicyclic) bond motifs is 1. The smallest absolute Gasteiger partial charge is 0.137 e. The number of rotatable bonds is 7. The lowest BCUT2D eigenvalue weighted by Crippen LogP contribution is -2.24. The standard InChI is InChI=1S/C18H21NOS/c1-3-7-15-14(4-2)16-8-5-6-9-17(16)18(15)12-21-11-13(19)10-20/h3-10,13,18H,2,11-12,19H2,1H3/b7-3-/t13-,18?/m0/s1. The molecule has 1 unspecified atom stereocenters. The summed E-state index contributed by atoms with van der Waals surface area (Å²) in [6.07, 6.45) is 6.99. The zero-order valence-corrected chi connectivity index (χ0v) is 13.1. The molecule has 0 bridgehead atoms. The van der Waals surface area contributed by atoms with Gasteiger partial charge in [0.15, 0.2) is 0 Å². The second kappa shape index (κ2) is 7.43. The van der Waals surface area contributed by atoms with Crippen molar-refractivity contribution in [3.05, 3.63) is 65.8 Å². The van der Waals surface area contributed by atoms with Gasteiger partial charge in [0.1, 0.15) is 6.29 Å². The topological polar surface area (TPSA) is 43.1 Å². The van der Waals surface area contributed by atoms with Gasteiger partial charge in [0, 0.05) is 17.4 Å². The first kappa shape index (κ1) is 15.8. The van der Waals surface area contributed by atoms with E-state index in [0.29, 0.717) is 11.7 Å². The average molecular weight is 299 g/mol. The number of nitrogens with two attached hydrogens (primary N) is 1. The van der Waals surface area contributed by atoms with E-state index in [-0.39, 0.29) is 6.04 Å². The summed E-state index contributed by atoms with van der Waals surface area (Å²) in [6.45, 7) is 6.00. The summed E-state index contributed by atoms with van der Waals surface area (Å²) in [5.41, 5.74) is 10.8. The maximum Gasteiger partial charge on any atom is 0.137 e.